The lowest BCUT2D eigenvalue weighted by Gasteiger charge is -2.33. The van der Waals surface area contributed by atoms with E-state index in [1.54, 1.807) is 18.3 Å². The topological polar surface area (TPSA) is 42.4 Å². The Kier molecular flexibility index (Phi) is 4.78. The number of aryl methyl sites for hydroxylation is 2. The summed E-state index contributed by atoms with van der Waals surface area (Å²) in [5.74, 6) is 0.696. The number of nitrogens with zero attached hydrogens (tertiary/aromatic N) is 2. The van der Waals surface area contributed by atoms with Crippen molar-refractivity contribution in [3.63, 3.8) is 0 Å². The first kappa shape index (κ1) is 18.2. The first-order valence-electron chi connectivity index (χ1n) is 8.73. The monoisotopic (exact) mass is 442 g/mol. The average molecular weight is 443 g/mol. The molecule has 1 amide bonds. The van der Waals surface area contributed by atoms with Gasteiger partial charge in [-0.2, -0.15) is 0 Å². The fourth-order valence-electron chi connectivity index (χ4n) is 3.29. The van der Waals surface area contributed by atoms with E-state index in [-0.39, 0.29) is 5.91 Å². The van der Waals surface area contributed by atoms with Crippen LogP contribution in [0.15, 0.2) is 46.9 Å². The van der Waals surface area contributed by atoms with Crippen molar-refractivity contribution in [2.24, 2.45) is 0 Å². The molecule has 27 heavy (non-hydrogen) atoms. The van der Waals surface area contributed by atoms with Crippen LogP contribution >= 0.6 is 27.3 Å². The molecule has 4 nitrogen and oxygen atoms in total. The third-order valence-corrected chi connectivity index (χ3v) is 6.01. The molecule has 0 fully saturated rings. The minimum atomic E-state index is -0.498. The molecule has 1 aromatic heterocycles. The van der Waals surface area contributed by atoms with Crippen molar-refractivity contribution in [3.05, 3.63) is 62.4 Å². The van der Waals surface area contributed by atoms with Gasteiger partial charge in [0.1, 0.15) is 5.75 Å². The van der Waals surface area contributed by atoms with Crippen LogP contribution in [0.1, 0.15) is 22.4 Å². The molecule has 0 saturated carbocycles. The van der Waals surface area contributed by atoms with Crippen molar-refractivity contribution in [3.8, 4) is 17.0 Å². The van der Waals surface area contributed by atoms with Gasteiger partial charge in [-0.05, 0) is 56.7 Å². The lowest BCUT2D eigenvalue weighted by Crippen LogP contribution is -2.44. The Morgan fingerprint density at radius 1 is 1.19 bits per heavy atom. The summed E-state index contributed by atoms with van der Waals surface area (Å²) in [7, 11) is 0. The van der Waals surface area contributed by atoms with Gasteiger partial charge in [-0.3, -0.25) is 4.79 Å². The third-order valence-electron chi connectivity index (χ3n) is 4.60. The van der Waals surface area contributed by atoms with Gasteiger partial charge < -0.3 is 9.64 Å². The van der Waals surface area contributed by atoms with E-state index in [4.69, 9.17) is 4.74 Å². The van der Waals surface area contributed by atoms with Crippen molar-refractivity contribution in [1.29, 1.82) is 0 Å². The van der Waals surface area contributed by atoms with Gasteiger partial charge in [0.05, 0.1) is 22.9 Å². The highest BCUT2D eigenvalue weighted by Crippen LogP contribution is 2.39. The third kappa shape index (κ3) is 3.51. The maximum absolute atomic E-state index is 12.9. The van der Waals surface area contributed by atoms with Crippen LogP contribution in [0.25, 0.3) is 11.3 Å². The summed E-state index contributed by atoms with van der Waals surface area (Å²) in [5, 5.41) is 1.04. The molecular formula is C21H19BrN2O2S. The molecule has 0 bridgehead atoms. The van der Waals surface area contributed by atoms with Crippen molar-refractivity contribution in [2.75, 3.05) is 4.90 Å². The zero-order chi connectivity index (χ0) is 19.1. The molecule has 0 aliphatic carbocycles. The molecule has 0 spiro atoms. The predicted octanol–water partition coefficient (Wildman–Crippen LogP) is 5.50. The Bertz CT molecular complexity index is 1010. The summed E-state index contributed by atoms with van der Waals surface area (Å²) >= 11 is 5.14. The van der Waals surface area contributed by atoms with Gasteiger partial charge in [-0.1, -0.05) is 28.1 Å². The smallest absolute Gasteiger partial charge is 0.268 e. The summed E-state index contributed by atoms with van der Waals surface area (Å²) in [6.07, 6.45) is -0.498. The fraction of sp³-hybridized carbons (Fsp3) is 0.238. The number of carbonyl (C=O) groups is 1. The molecule has 0 radical (unpaired) electrons. The molecule has 138 valence electrons. The number of hydrogen-bond donors (Lipinski definition) is 0. The first-order valence-corrected chi connectivity index (χ1v) is 10.3. The summed E-state index contributed by atoms with van der Waals surface area (Å²) in [6.45, 7) is 6.38. The van der Waals surface area contributed by atoms with Crippen LogP contribution in [-0.4, -0.2) is 17.0 Å². The van der Waals surface area contributed by atoms with Crippen LogP contribution in [0.2, 0.25) is 0 Å². The van der Waals surface area contributed by atoms with E-state index < -0.39 is 6.10 Å². The van der Waals surface area contributed by atoms with Crippen molar-refractivity contribution in [2.45, 2.75) is 33.4 Å². The Morgan fingerprint density at radius 2 is 1.93 bits per heavy atom. The van der Waals surface area contributed by atoms with Crippen LogP contribution in [0, 0.1) is 13.8 Å². The Morgan fingerprint density at radius 3 is 2.59 bits per heavy atom. The number of fused-ring (bicyclic) bond motifs is 1. The lowest BCUT2D eigenvalue weighted by molar-refractivity contribution is -0.125. The van der Waals surface area contributed by atoms with E-state index in [1.165, 1.54) is 4.88 Å². The number of carbonyl (C=O) groups excluding carboxylic acids is 1. The van der Waals surface area contributed by atoms with E-state index in [0.29, 0.717) is 6.54 Å². The Hall–Kier alpha value is -2.18. The van der Waals surface area contributed by atoms with E-state index >= 15 is 0 Å². The summed E-state index contributed by atoms with van der Waals surface area (Å²) in [4.78, 5) is 20.5. The second-order valence-electron chi connectivity index (χ2n) is 6.63. The van der Waals surface area contributed by atoms with E-state index in [1.807, 2.05) is 54.3 Å². The Balaban J connectivity index is 1.76. The maximum Gasteiger partial charge on any atom is 0.268 e. The first-order chi connectivity index (χ1) is 12.9. The SMILES string of the molecule is Cc1nc(-c2ccc3c(c2)N(Cc2ccc(Br)cc2)C(=O)C(C)O3)c(C)s1. The largest absolute Gasteiger partial charge is 0.479 e. The minimum absolute atomic E-state index is 0.0336. The second kappa shape index (κ2) is 7.09. The number of halogens is 1. The second-order valence-corrected chi connectivity index (χ2v) is 8.95. The van der Waals surface area contributed by atoms with E-state index in [0.717, 1.165) is 37.7 Å². The van der Waals surface area contributed by atoms with Gasteiger partial charge in [-0.15, -0.1) is 11.3 Å². The average Bonchev–Trinajstić information content (AvgIpc) is 2.98. The zero-order valence-corrected chi connectivity index (χ0v) is 17.7. The quantitative estimate of drug-likeness (QED) is 0.537. The van der Waals surface area contributed by atoms with Crippen LogP contribution in [0.3, 0.4) is 0 Å². The number of thiazole rings is 1. The molecule has 1 aliphatic heterocycles. The Labute approximate surface area is 170 Å². The number of ether oxygens (including phenoxy) is 1. The molecule has 1 unspecified atom stereocenters. The van der Waals surface area contributed by atoms with Crippen molar-refractivity contribution < 1.29 is 9.53 Å². The number of hydrogen-bond acceptors (Lipinski definition) is 4. The number of anilines is 1. The molecule has 1 atom stereocenters. The van der Waals surface area contributed by atoms with Crippen LogP contribution in [0.5, 0.6) is 5.75 Å². The summed E-state index contributed by atoms with van der Waals surface area (Å²) in [5.41, 5.74) is 3.83. The highest BCUT2D eigenvalue weighted by atomic mass is 79.9. The molecule has 6 heteroatoms. The van der Waals surface area contributed by atoms with Crippen molar-refractivity contribution in [1.82, 2.24) is 4.98 Å². The van der Waals surface area contributed by atoms with Gasteiger partial charge >= 0.3 is 0 Å². The standard InChI is InChI=1S/C21H19BrN2O2S/c1-12-21(25)24(11-15-4-7-17(22)8-5-15)18-10-16(6-9-19(18)26-12)20-13(2)27-14(3)23-20/h4-10,12H,11H2,1-3H3. The molecule has 2 aromatic carbocycles. The van der Waals surface area contributed by atoms with E-state index in [9.17, 15) is 4.79 Å². The van der Waals surface area contributed by atoms with Gasteiger partial charge in [-0.25, -0.2) is 4.98 Å². The molecule has 4 rings (SSSR count). The van der Waals surface area contributed by atoms with Gasteiger partial charge in [0.15, 0.2) is 6.10 Å². The number of benzene rings is 2. The normalized spacial score (nSPS) is 16.2. The van der Waals surface area contributed by atoms with Crippen LogP contribution in [-0.2, 0) is 11.3 Å². The predicted molar refractivity (Wildman–Crippen MR) is 112 cm³/mol. The van der Waals surface area contributed by atoms with Crippen molar-refractivity contribution >= 4 is 38.9 Å². The fourth-order valence-corrected chi connectivity index (χ4v) is 4.39. The van der Waals surface area contributed by atoms with Gasteiger partial charge in [0, 0.05) is 14.9 Å². The highest BCUT2D eigenvalue weighted by molar-refractivity contribution is 9.10. The maximum atomic E-state index is 12.9. The summed E-state index contributed by atoms with van der Waals surface area (Å²) in [6, 6.07) is 14.0. The number of aromatic nitrogens is 1. The number of rotatable bonds is 3. The van der Waals surface area contributed by atoms with Crippen LogP contribution < -0.4 is 9.64 Å². The molecule has 2 heterocycles. The molecule has 1 aliphatic rings. The highest BCUT2D eigenvalue weighted by Gasteiger charge is 2.32. The van der Waals surface area contributed by atoms with E-state index in [2.05, 4.69) is 27.8 Å². The molecule has 0 saturated heterocycles. The zero-order valence-electron chi connectivity index (χ0n) is 15.3. The number of amides is 1. The molecule has 3 aromatic rings. The van der Waals surface area contributed by atoms with Gasteiger partial charge in [0.25, 0.3) is 5.91 Å². The minimum Gasteiger partial charge on any atom is -0.479 e. The molecular weight excluding hydrogens is 424 g/mol. The summed E-state index contributed by atoms with van der Waals surface area (Å²) < 4.78 is 6.86. The molecule has 0 N–H and O–H groups in total. The van der Waals surface area contributed by atoms with Crippen LogP contribution in [0.4, 0.5) is 5.69 Å². The lowest BCUT2D eigenvalue weighted by atomic mass is 10.1. The van der Waals surface area contributed by atoms with Gasteiger partial charge in [0.2, 0.25) is 0 Å².